The van der Waals surface area contributed by atoms with Crippen molar-refractivity contribution < 1.29 is 19.1 Å². The molecule has 3 N–H and O–H groups in total. The molecule has 0 saturated carbocycles. The Balaban J connectivity index is 1.74. The van der Waals surface area contributed by atoms with Crippen LogP contribution in [0, 0.1) is 6.92 Å². The van der Waals surface area contributed by atoms with Crippen molar-refractivity contribution in [1.29, 1.82) is 0 Å². The molecule has 3 rings (SSSR count). The van der Waals surface area contributed by atoms with Gasteiger partial charge in [-0.2, -0.15) is 0 Å². The van der Waals surface area contributed by atoms with Crippen LogP contribution in [0.3, 0.4) is 0 Å². The van der Waals surface area contributed by atoms with E-state index in [1.54, 1.807) is 30.1 Å². The summed E-state index contributed by atoms with van der Waals surface area (Å²) in [5.74, 6) is -0.616. The van der Waals surface area contributed by atoms with E-state index in [0.29, 0.717) is 18.8 Å². The van der Waals surface area contributed by atoms with E-state index in [9.17, 15) is 14.4 Å². The molecule has 2 aliphatic rings. The summed E-state index contributed by atoms with van der Waals surface area (Å²) < 4.78 is 5.14. The fraction of sp³-hybridized carbons (Fsp3) is 0.471. The molecular formula is C17H22N4O4. The highest BCUT2D eigenvalue weighted by atomic mass is 16.5. The van der Waals surface area contributed by atoms with Crippen LogP contribution in [0.25, 0.3) is 0 Å². The first-order valence-electron chi connectivity index (χ1n) is 8.13. The highest BCUT2D eigenvalue weighted by molar-refractivity contribution is 6.03. The zero-order chi connectivity index (χ0) is 18.2. The molecule has 2 heterocycles. The summed E-state index contributed by atoms with van der Waals surface area (Å²) in [4.78, 5) is 39.3. The molecule has 0 radical (unpaired) electrons. The van der Waals surface area contributed by atoms with Gasteiger partial charge in [-0.05, 0) is 30.7 Å². The van der Waals surface area contributed by atoms with Crippen molar-refractivity contribution in [3.8, 4) is 0 Å². The van der Waals surface area contributed by atoms with Crippen LogP contribution in [0.4, 0.5) is 11.4 Å². The molecule has 0 spiro atoms. The number of nitrogens with zero attached hydrogens (tertiary/aromatic N) is 2. The number of carbonyl (C=O) groups excluding carboxylic acids is 3. The molecule has 1 unspecified atom stereocenters. The van der Waals surface area contributed by atoms with E-state index < -0.39 is 5.54 Å². The van der Waals surface area contributed by atoms with Gasteiger partial charge in [0.15, 0.2) is 0 Å². The monoisotopic (exact) mass is 346 g/mol. The van der Waals surface area contributed by atoms with Gasteiger partial charge >= 0.3 is 0 Å². The molecule has 1 atom stereocenters. The minimum absolute atomic E-state index is 0.00528. The smallest absolute Gasteiger partial charge is 0.253 e. The van der Waals surface area contributed by atoms with Gasteiger partial charge in [0.05, 0.1) is 13.0 Å². The van der Waals surface area contributed by atoms with Crippen LogP contribution in [0.2, 0.25) is 0 Å². The molecule has 2 aliphatic heterocycles. The van der Waals surface area contributed by atoms with Crippen molar-refractivity contribution in [1.82, 2.24) is 4.90 Å². The minimum Gasteiger partial charge on any atom is -0.370 e. The number of benzene rings is 1. The lowest BCUT2D eigenvalue weighted by Gasteiger charge is -2.28. The molecule has 1 aromatic rings. The predicted molar refractivity (Wildman–Crippen MR) is 92.2 cm³/mol. The molecule has 8 nitrogen and oxygen atoms in total. The van der Waals surface area contributed by atoms with E-state index >= 15 is 0 Å². The SMILES string of the molecule is Cc1cc(NC(=O)C2(N)CC(=O)N(C)C2)ccc1N1CCOCC1=O. The Hall–Kier alpha value is -2.45. The Kier molecular flexibility index (Phi) is 4.49. The van der Waals surface area contributed by atoms with Crippen molar-refractivity contribution in [2.24, 2.45) is 5.73 Å². The van der Waals surface area contributed by atoms with Crippen LogP contribution >= 0.6 is 0 Å². The number of anilines is 2. The molecule has 3 amide bonds. The predicted octanol–water partition coefficient (Wildman–Crippen LogP) is -0.144. The number of nitrogens with one attached hydrogen (secondary N) is 1. The number of likely N-dealkylation sites (tertiary alicyclic amines) is 1. The van der Waals surface area contributed by atoms with Crippen molar-refractivity contribution in [3.05, 3.63) is 23.8 Å². The second-order valence-corrected chi connectivity index (χ2v) is 6.64. The third kappa shape index (κ3) is 3.35. The number of ether oxygens (including phenoxy) is 1. The van der Waals surface area contributed by atoms with Gasteiger partial charge in [0, 0.05) is 31.5 Å². The van der Waals surface area contributed by atoms with E-state index in [2.05, 4.69) is 5.32 Å². The van der Waals surface area contributed by atoms with Crippen LogP contribution in [-0.2, 0) is 19.1 Å². The minimum atomic E-state index is -1.22. The molecule has 1 aromatic carbocycles. The Labute approximate surface area is 145 Å². The number of morpholine rings is 1. The average Bonchev–Trinajstić information content (AvgIpc) is 2.82. The topological polar surface area (TPSA) is 105 Å². The van der Waals surface area contributed by atoms with Gasteiger partial charge < -0.3 is 25.6 Å². The lowest BCUT2D eigenvalue weighted by atomic mass is 9.98. The zero-order valence-electron chi connectivity index (χ0n) is 14.4. The van der Waals surface area contributed by atoms with Crippen molar-refractivity contribution >= 4 is 29.1 Å². The highest BCUT2D eigenvalue weighted by Gasteiger charge is 2.44. The largest absolute Gasteiger partial charge is 0.370 e. The van der Waals surface area contributed by atoms with Gasteiger partial charge in [-0.1, -0.05) is 0 Å². The maximum Gasteiger partial charge on any atom is 0.253 e. The van der Waals surface area contributed by atoms with Gasteiger partial charge in [-0.15, -0.1) is 0 Å². The summed E-state index contributed by atoms with van der Waals surface area (Å²) in [6, 6.07) is 5.32. The first kappa shape index (κ1) is 17.4. The number of hydrogen-bond acceptors (Lipinski definition) is 5. The molecule has 0 aromatic heterocycles. The third-order valence-electron chi connectivity index (χ3n) is 4.60. The fourth-order valence-electron chi connectivity index (χ4n) is 3.19. The second-order valence-electron chi connectivity index (χ2n) is 6.64. The van der Waals surface area contributed by atoms with Gasteiger partial charge in [0.25, 0.3) is 5.91 Å². The number of aryl methyl sites for hydroxylation is 1. The van der Waals surface area contributed by atoms with Gasteiger partial charge in [0.2, 0.25) is 11.8 Å². The van der Waals surface area contributed by atoms with E-state index in [1.165, 1.54) is 4.90 Å². The molecule has 2 fully saturated rings. The lowest BCUT2D eigenvalue weighted by Crippen LogP contribution is -2.52. The summed E-state index contributed by atoms with van der Waals surface area (Å²) in [7, 11) is 1.63. The van der Waals surface area contributed by atoms with Gasteiger partial charge in [-0.25, -0.2) is 0 Å². The summed E-state index contributed by atoms with van der Waals surface area (Å²) in [5, 5.41) is 2.78. The number of hydrogen-bond donors (Lipinski definition) is 2. The summed E-state index contributed by atoms with van der Waals surface area (Å²) in [5.41, 5.74) is 7.11. The van der Waals surface area contributed by atoms with Crippen molar-refractivity contribution in [2.75, 3.05) is 43.6 Å². The molecule has 8 heteroatoms. The number of amides is 3. The van der Waals surface area contributed by atoms with Crippen LogP contribution in [0.5, 0.6) is 0 Å². The lowest BCUT2D eigenvalue weighted by molar-refractivity contribution is -0.127. The second kappa shape index (κ2) is 6.45. The van der Waals surface area contributed by atoms with Crippen LogP contribution < -0.4 is 16.0 Å². The van der Waals surface area contributed by atoms with Gasteiger partial charge in [-0.3, -0.25) is 14.4 Å². The first-order valence-corrected chi connectivity index (χ1v) is 8.13. The third-order valence-corrected chi connectivity index (χ3v) is 4.60. The Bertz CT molecular complexity index is 735. The maximum absolute atomic E-state index is 12.5. The Morgan fingerprint density at radius 3 is 2.68 bits per heavy atom. The maximum atomic E-state index is 12.5. The molecule has 2 saturated heterocycles. The summed E-state index contributed by atoms with van der Waals surface area (Å²) in [6.45, 7) is 3.15. The number of rotatable bonds is 3. The van der Waals surface area contributed by atoms with Crippen LogP contribution in [0.15, 0.2) is 18.2 Å². The Morgan fingerprint density at radius 1 is 1.32 bits per heavy atom. The summed E-state index contributed by atoms with van der Waals surface area (Å²) in [6.07, 6.45) is -0.00528. The van der Waals surface area contributed by atoms with Crippen LogP contribution in [-0.4, -0.2) is 61.5 Å². The van der Waals surface area contributed by atoms with E-state index in [-0.39, 0.29) is 37.3 Å². The van der Waals surface area contributed by atoms with Gasteiger partial charge in [0.1, 0.15) is 12.1 Å². The molecule has 0 aliphatic carbocycles. The number of likely N-dealkylation sites (N-methyl/N-ethyl adjacent to an activating group) is 1. The first-order chi connectivity index (χ1) is 11.8. The fourth-order valence-corrected chi connectivity index (χ4v) is 3.19. The van der Waals surface area contributed by atoms with E-state index in [0.717, 1.165) is 11.3 Å². The molecular weight excluding hydrogens is 324 g/mol. The molecule has 134 valence electrons. The number of nitrogens with two attached hydrogens (primary N) is 1. The van der Waals surface area contributed by atoms with Crippen molar-refractivity contribution in [2.45, 2.75) is 18.9 Å². The highest BCUT2D eigenvalue weighted by Crippen LogP contribution is 2.26. The van der Waals surface area contributed by atoms with E-state index in [4.69, 9.17) is 10.5 Å². The number of carbonyl (C=O) groups is 3. The van der Waals surface area contributed by atoms with Crippen LogP contribution in [0.1, 0.15) is 12.0 Å². The normalized spacial score (nSPS) is 24.0. The average molecular weight is 346 g/mol. The summed E-state index contributed by atoms with van der Waals surface area (Å²) >= 11 is 0. The van der Waals surface area contributed by atoms with Crippen molar-refractivity contribution in [3.63, 3.8) is 0 Å². The van der Waals surface area contributed by atoms with E-state index in [1.807, 2.05) is 6.92 Å². The standard InChI is InChI=1S/C17H22N4O4/c1-11-7-12(3-4-13(11)21-5-6-25-9-15(21)23)19-16(24)17(18)8-14(22)20(2)10-17/h3-4,7H,5-6,8-10,18H2,1-2H3,(H,19,24). The zero-order valence-corrected chi connectivity index (χ0v) is 14.4. The Morgan fingerprint density at radius 2 is 2.08 bits per heavy atom. The quantitative estimate of drug-likeness (QED) is 0.792. The molecule has 0 bridgehead atoms. The molecule has 25 heavy (non-hydrogen) atoms.